The first-order valence-corrected chi connectivity index (χ1v) is 10.8. The normalized spacial score (nSPS) is 12.6. The van der Waals surface area contributed by atoms with Crippen LogP contribution in [0.2, 0.25) is 0 Å². The fraction of sp³-hybridized carbons (Fsp3) is 0.609. The minimum atomic E-state index is -5.08. The SMILES string of the molecule is CC(C)N(C)C(=O)C(N)Cc1ccc(CN(C)C(C)(C)C)cc1.O=C(O)C(F)(F)F.O=C(O)C(F)(F)F. The molecule has 1 unspecified atom stereocenters. The zero-order valence-electron chi connectivity index (χ0n) is 21.7. The van der Waals surface area contributed by atoms with Crippen LogP contribution in [0.4, 0.5) is 26.3 Å². The monoisotopic (exact) mass is 547 g/mol. The smallest absolute Gasteiger partial charge is 0.475 e. The first-order chi connectivity index (χ1) is 16.4. The van der Waals surface area contributed by atoms with Crippen molar-refractivity contribution in [2.45, 2.75) is 77.6 Å². The van der Waals surface area contributed by atoms with Crippen LogP contribution in [0.25, 0.3) is 0 Å². The van der Waals surface area contributed by atoms with Gasteiger partial charge in [0, 0.05) is 25.2 Å². The van der Waals surface area contributed by atoms with E-state index < -0.39 is 30.3 Å². The van der Waals surface area contributed by atoms with Crippen molar-refractivity contribution in [1.29, 1.82) is 0 Å². The highest BCUT2D eigenvalue weighted by molar-refractivity contribution is 5.82. The fourth-order valence-electron chi connectivity index (χ4n) is 2.15. The minimum absolute atomic E-state index is 0.00320. The molecule has 0 aliphatic heterocycles. The number of carbonyl (C=O) groups excluding carboxylic acids is 1. The maximum Gasteiger partial charge on any atom is 0.490 e. The predicted molar refractivity (Wildman–Crippen MR) is 125 cm³/mol. The number of hydrogen-bond acceptors (Lipinski definition) is 5. The van der Waals surface area contributed by atoms with Crippen molar-refractivity contribution in [3.8, 4) is 0 Å². The van der Waals surface area contributed by atoms with Crippen LogP contribution >= 0.6 is 0 Å². The summed E-state index contributed by atoms with van der Waals surface area (Å²) in [6.45, 7) is 11.5. The quantitative estimate of drug-likeness (QED) is 0.461. The number of nitrogens with zero attached hydrogens (tertiary/aromatic N) is 2. The van der Waals surface area contributed by atoms with E-state index in [1.165, 1.54) is 5.56 Å². The fourth-order valence-corrected chi connectivity index (χ4v) is 2.15. The van der Waals surface area contributed by atoms with E-state index in [0.717, 1.165) is 12.1 Å². The van der Waals surface area contributed by atoms with Gasteiger partial charge >= 0.3 is 24.3 Å². The summed E-state index contributed by atoms with van der Waals surface area (Å²) >= 11 is 0. The van der Waals surface area contributed by atoms with Gasteiger partial charge in [-0.1, -0.05) is 24.3 Å². The Morgan fingerprint density at radius 3 is 1.43 bits per heavy atom. The molecular weight excluding hydrogens is 512 g/mol. The maximum absolute atomic E-state index is 12.2. The molecule has 0 bridgehead atoms. The molecule has 0 saturated carbocycles. The van der Waals surface area contributed by atoms with Gasteiger partial charge in [0.05, 0.1) is 6.04 Å². The molecule has 0 fully saturated rings. The van der Waals surface area contributed by atoms with E-state index in [4.69, 9.17) is 25.5 Å². The number of amides is 1. The van der Waals surface area contributed by atoms with Gasteiger partial charge in [0.2, 0.25) is 5.91 Å². The van der Waals surface area contributed by atoms with Gasteiger partial charge < -0.3 is 20.8 Å². The number of alkyl halides is 6. The minimum Gasteiger partial charge on any atom is -0.475 e. The summed E-state index contributed by atoms with van der Waals surface area (Å²) in [5.74, 6) is -5.52. The molecule has 1 atom stereocenters. The highest BCUT2D eigenvalue weighted by atomic mass is 19.4. The van der Waals surface area contributed by atoms with Crippen molar-refractivity contribution in [3.63, 3.8) is 0 Å². The van der Waals surface area contributed by atoms with E-state index in [1.54, 1.807) is 11.9 Å². The molecule has 0 aliphatic carbocycles. The van der Waals surface area contributed by atoms with Gasteiger partial charge in [0.1, 0.15) is 0 Å². The van der Waals surface area contributed by atoms with Gasteiger partial charge in [-0.15, -0.1) is 0 Å². The summed E-state index contributed by atoms with van der Waals surface area (Å²) in [4.78, 5) is 34.0. The zero-order chi connectivity index (χ0) is 29.9. The van der Waals surface area contributed by atoms with Gasteiger partial charge in [0.15, 0.2) is 0 Å². The molecule has 1 rings (SSSR count). The van der Waals surface area contributed by atoms with Gasteiger partial charge in [-0.2, -0.15) is 26.3 Å². The molecule has 0 aliphatic rings. The van der Waals surface area contributed by atoms with Gasteiger partial charge in [-0.3, -0.25) is 9.69 Å². The Bertz CT molecular complexity index is 842. The number of rotatable bonds is 6. The number of nitrogens with two attached hydrogens (primary N) is 1. The third-order valence-corrected chi connectivity index (χ3v) is 4.97. The van der Waals surface area contributed by atoms with Gasteiger partial charge in [-0.05, 0) is 59.2 Å². The van der Waals surface area contributed by atoms with E-state index in [1.807, 2.05) is 13.8 Å². The number of hydrogen-bond donors (Lipinski definition) is 3. The first kappa shape index (κ1) is 36.3. The summed E-state index contributed by atoms with van der Waals surface area (Å²) in [6, 6.07) is 8.10. The zero-order valence-corrected chi connectivity index (χ0v) is 21.7. The molecule has 0 saturated heterocycles. The van der Waals surface area contributed by atoms with Crippen molar-refractivity contribution in [2.75, 3.05) is 14.1 Å². The number of likely N-dealkylation sites (N-methyl/N-ethyl adjacent to an activating group) is 1. The lowest BCUT2D eigenvalue weighted by molar-refractivity contribution is -0.193. The topological polar surface area (TPSA) is 124 Å². The highest BCUT2D eigenvalue weighted by Gasteiger charge is 2.38. The second-order valence-corrected chi connectivity index (χ2v) is 9.30. The molecule has 0 spiro atoms. The summed E-state index contributed by atoms with van der Waals surface area (Å²) in [7, 11) is 3.93. The average Bonchev–Trinajstić information content (AvgIpc) is 2.72. The van der Waals surface area contributed by atoms with Crippen molar-refractivity contribution in [1.82, 2.24) is 9.80 Å². The third kappa shape index (κ3) is 15.8. The van der Waals surface area contributed by atoms with Crippen LogP contribution in [-0.2, 0) is 27.3 Å². The van der Waals surface area contributed by atoms with E-state index in [2.05, 4.69) is 57.0 Å². The Morgan fingerprint density at radius 1 is 0.838 bits per heavy atom. The second-order valence-electron chi connectivity index (χ2n) is 9.30. The molecule has 1 aromatic rings. The van der Waals surface area contributed by atoms with Crippen LogP contribution in [0.1, 0.15) is 45.7 Å². The largest absolute Gasteiger partial charge is 0.490 e. The Hall–Kier alpha value is -2.87. The summed E-state index contributed by atoms with van der Waals surface area (Å²) in [6.07, 6.45) is -9.59. The average molecular weight is 548 g/mol. The van der Waals surface area contributed by atoms with Crippen molar-refractivity contribution >= 4 is 17.8 Å². The Morgan fingerprint density at radius 2 is 1.16 bits per heavy atom. The third-order valence-electron chi connectivity index (χ3n) is 4.97. The van der Waals surface area contributed by atoms with Crippen molar-refractivity contribution < 1.29 is 50.9 Å². The predicted octanol–water partition coefficient (Wildman–Crippen LogP) is 3.92. The van der Waals surface area contributed by atoms with Crippen molar-refractivity contribution in [2.24, 2.45) is 5.73 Å². The number of carbonyl (C=O) groups is 3. The Kier molecular flexibility index (Phi) is 14.5. The van der Waals surface area contributed by atoms with E-state index in [-0.39, 0.29) is 17.5 Å². The molecule has 1 amide bonds. The van der Waals surface area contributed by atoms with Crippen molar-refractivity contribution in [3.05, 3.63) is 35.4 Å². The molecule has 37 heavy (non-hydrogen) atoms. The Labute approximate surface area is 212 Å². The molecule has 0 aromatic heterocycles. The number of carboxylic acids is 2. The summed E-state index contributed by atoms with van der Waals surface area (Å²) in [5.41, 5.74) is 8.58. The van der Waals surface area contributed by atoms with Crippen LogP contribution in [-0.4, -0.2) is 81.9 Å². The molecule has 1 aromatic carbocycles. The highest BCUT2D eigenvalue weighted by Crippen LogP contribution is 2.16. The lowest BCUT2D eigenvalue weighted by Crippen LogP contribution is -2.45. The lowest BCUT2D eigenvalue weighted by atomic mass is 10.0. The van der Waals surface area contributed by atoms with Crippen LogP contribution in [0.3, 0.4) is 0 Å². The van der Waals surface area contributed by atoms with Gasteiger partial charge in [-0.25, -0.2) is 9.59 Å². The summed E-state index contributed by atoms with van der Waals surface area (Å²) in [5, 5.41) is 14.2. The second kappa shape index (κ2) is 14.8. The molecule has 0 radical (unpaired) electrons. The molecular formula is C23H35F6N3O5. The molecule has 8 nitrogen and oxygen atoms in total. The van der Waals surface area contributed by atoms with E-state index in [0.29, 0.717) is 6.42 Å². The molecule has 214 valence electrons. The molecule has 14 heteroatoms. The van der Waals surface area contributed by atoms with Gasteiger partial charge in [0.25, 0.3) is 0 Å². The van der Waals surface area contributed by atoms with E-state index >= 15 is 0 Å². The number of carboxylic acid groups (broad SMARTS) is 2. The standard InChI is InChI=1S/C19H33N3O.2C2HF3O2/c1-14(2)22(7)18(23)17(20)12-15-8-10-16(11-9-15)13-21(6)19(3,4)5;2*3-2(4,5)1(6)7/h8-11,14,17H,12-13,20H2,1-7H3;2*(H,6,7). The number of halogens is 6. The molecule has 4 N–H and O–H groups in total. The lowest BCUT2D eigenvalue weighted by Gasteiger charge is -2.32. The number of aliphatic carboxylic acids is 2. The Balaban J connectivity index is 0. The summed E-state index contributed by atoms with van der Waals surface area (Å²) < 4.78 is 63.5. The first-order valence-electron chi connectivity index (χ1n) is 10.8. The number of benzene rings is 1. The van der Waals surface area contributed by atoms with Crippen LogP contribution in [0.15, 0.2) is 24.3 Å². The van der Waals surface area contributed by atoms with Crippen LogP contribution in [0, 0.1) is 0 Å². The van der Waals surface area contributed by atoms with Crippen LogP contribution < -0.4 is 5.73 Å². The van der Waals surface area contributed by atoms with Crippen LogP contribution in [0.5, 0.6) is 0 Å². The van der Waals surface area contributed by atoms with E-state index in [9.17, 15) is 31.1 Å². The maximum atomic E-state index is 12.2. The molecule has 0 heterocycles.